The molecule has 0 spiro atoms. The van der Waals surface area contributed by atoms with Crippen LogP contribution < -0.4 is 16.0 Å². The van der Waals surface area contributed by atoms with Crippen LogP contribution in [0.15, 0.2) is 54.6 Å². The van der Waals surface area contributed by atoms with Crippen molar-refractivity contribution in [2.75, 3.05) is 81.5 Å². The summed E-state index contributed by atoms with van der Waals surface area (Å²) in [6, 6.07) is 15.5. The Balaban J connectivity index is 0.000000220. The van der Waals surface area contributed by atoms with E-state index in [4.69, 9.17) is 0 Å². The van der Waals surface area contributed by atoms with Crippen LogP contribution in [-0.2, 0) is 0 Å². The fourth-order valence-electron chi connectivity index (χ4n) is 6.44. The van der Waals surface area contributed by atoms with Crippen molar-refractivity contribution in [3.8, 4) is 0 Å². The first-order valence-corrected chi connectivity index (χ1v) is 18.9. The Labute approximate surface area is 323 Å². The lowest BCUT2D eigenvalue weighted by Gasteiger charge is -2.40. The van der Waals surface area contributed by atoms with Gasteiger partial charge in [0.25, 0.3) is 0 Å². The molecule has 0 aromatic heterocycles. The van der Waals surface area contributed by atoms with E-state index in [2.05, 4.69) is 44.5 Å². The molecule has 3 aliphatic rings. The van der Waals surface area contributed by atoms with Crippen molar-refractivity contribution >= 4 is 35.9 Å². The van der Waals surface area contributed by atoms with E-state index in [-0.39, 0.29) is 32.0 Å². The molecule has 3 heterocycles. The van der Waals surface area contributed by atoms with Gasteiger partial charge in [-0.15, -0.1) is 0 Å². The van der Waals surface area contributed by atoms with Crippen molar-refractivity contribution in [2.45, 2.75) is 71.5 Å². The third-order valence-electron chi connectivity index (χ3n) is 9.62. The van der Waals surface area contributed by atoms with Crippen molar-refractivity contribution in [3.63, 3.8) is 0 Å². The zero-order chi connectivity index (χ0) is 38.9. The summed E-state index contributed by atoms with van der Waals surface area (Å²) in [5.41, 5.74) is 2.46. The number of likely N-dealkylation sites (tertiary alicyclic amines) is 3. The number of unbranched alkanes of at least 4 members (excludes halogenated alkanes) is 2. The summed E-state index contributed by atoms with van der Waals surface area (Å²) in [6.45, 7) is 12.9. The Morgan fingerprint density at radius 2 is 1.02 bits per heavy atom. The van der Waals surface area contributed by atoms with Crippen molar-refractivity contribution in [3.05, 3.63) is 88.7 Å². The summed E-state index contributed by atoms with van der Waals surface area (Å²) in [7, 11) is 0. The molecule has 0 bridgehead atoms. The molecule has 6 rings (SSSR count). The third kappa shape index (κ3) is 14.4. The van der Waals surface area contributed by atoms with E-state index in [0.717, 1.165) is 83.0 Å². The highest BCUT2D eigenvalue weighted by atomic mass is 19.1. The molecule has 0 radical (unpaired) electrons. The van der Waals surface area contributed by atoms with Gasteiger partial charge in [-0.3, -0.25) is 33.5 Å². The number of rotatable bonds is 18. The number of hydrogen-bond acceptors (Lipinski definition) is 9. The minimum absolute atomic E-state index is 0. The van der Waals surface area contributed by atoms with Gasteiger partial charge in [0, 0.05) is 68.4 Å². The predicted molar refractivity (Wildman–Crippen MR) is 214 cm³/mol. The SMILES string of the molecule is C.CCCCN1CC(Nc2cc(F)c(C=O)c(F)c2)C1.CCCCN1CC(Nc2ccc(C=O)c(F)c2)C1.O=Cc1ccc(NC2CN(CCCF)C2)cc1. The summed E-state index contributed by atoms with van der Waals surface area (Å²) >= 11 is 0. The summed E-state index contributed by atoms with van der Waals surface area (Å²) in [4.78, 5) is 38.4. The molecule has 0 atom stereocenters. The van der Waals surface area contributed by atoms with Crippen LogP contribution in [0.25, 0.3) is 0 Å². The van der Waals surface area contributed by atoms with Crippen LogP contribution >= 0.6 is 0 Å². The number of carbonyl (C=O) groups is 3. The lowest BCUT2D eigenvalue weighted by atomic mass is 10.1. The van der Waals surface area contributed by atoms with Crippen molar-refractivity contribution in [2.24, 2.45) is 0 Å². The molecule has 55 heavy (non-hydrogen) atoms. The van der Waals surface area contributed by atoms with Gasteiger partial charge in [-0.25, -0.2) is 13.2 Å². The molecular weight excluding hydrogens is 712 g/mol. The summed E-state index contributed by atoms with van der Waals surface area (Å²) < 4.78 is 52.2. The van der Waals surface area contributed by atoms with Gasteiger partial charge in [0.2, 0.25) is 0 Å². The van der Waals surface area contributed by atoms with E-state index >= 15 is 0 Å². The molecular formula is C42H58F4N6O3. The minimum atomic E-state index is -0.820. The quantitative estimate of drug-likeness (QED) is 0.0885. The Bertz CT molecular complexity index is 1590. The topological polar surface area (TPSA) is 97.0 Å². The second-order valence-corrected chi connectivity index (χ2v) is 14.1. The number of carbonyl (C=O) groups excluding carboxylic acids is 3. The van der Waals surface area contributed by atoms with Crippen LogP contribution in [0.3, 0.4) is 0 Å². The average molecular weight is 771 g/mol. The van der Waals surface area contributed by atoms with E-state index < -0.39 is 23.0 Å². The third-order valence-corrected chi connectivity index (χ3v) is 9.62. The van der Waals surface area contributed by atoms with E-state index in [1.54, 1.807) is 18.2 Å². The molecule has 3 aromatic carbocycles. The van der Waals surface area contributed by atoms with Gasteiger partial charge in [-0.1, -0.05) is 34.1 Å². The molecule has 0 amide bonds. The molecule has 0 unspecified atom stereocenters. The number of alkyl halides is 1. The Morgan fingerprint density at radius 1 is 0.582 bits per heavy atom. The molecule has 3 N–H and O–H groups in total. The van der Waals surface area contributed by atoms with Crippen LogP contribution in [0.2, 0.25) is 0 Å². The van der Waals surface area contributed by atoms with Crippen molar-refractivity contribution < 1.29 is 31.9 Å². The zero-order valence-electron chi connectivity index (χ0n) is 31.3. The van der Waals surface area contributed by atoms with Gasteiger partial charge in [0.05, 0.1) is 35.9 Å². The van der Waals surface area contributed by atoms with Crippen LogP contribution in [0.1, 0.15) is 84.5 Å². The van der Waals surface area contributed by atoms with Crippen molar-refractivity contribution in [1.29, 1.82) is 0 Å². The van der Waals surface area contributed by atoms with Gasteiger partial charge in [-0.05, 0) is 86.9 Å². The largest absolute Gasteiger partial charge is 0.380 e. The molecule has 3 fully saturated rings. The van der Waals surface area contributed by atoms with Gasteiger partial charge < -0.3 is 16.0 Å². The van der Waals surface area contributed by atoms with Crippen LogP contribution in [0.4, 0.5) is 34.6 Å². The lowest BCUT2D eigenvalue weighted by molar-refractivity contribution is 0.110. The molecule has 0 aliphatic carbocycles. The van der Waals surface area contributed by atoms with E-state index in [1.165, 1.54) is 43.5 Å². The second kappa shape index (κ2) is 23.6. The van der Waals surface area contributed by atoms with E-state index in [9.17, 15) is 31.9 Å². The molecule has 13 heteroatoms. The molecule has 302 valence electrons. The van der Waals surface area contributed by atoms with Gasteiger partial charge in [0.1, 0.15) is 23.7 Å². The first kappa shape index (κ1) is 45.1. The number of halogens is 4. The normalized spacial score (nSPS) is 16.0. The molecule has 3 aliphatic heterocycles. The molecule has 3 saturated heterocycles. The number of aldehydes is 3. The maximum Gasteiger partial charge on any atom is 0.155 e. The lowest BCUT2D eigenvalue weighted by Crippen LogP contribution is -2.54. The summed E-state index contributed by atoms with van der Waals surface area (Å²) in [6.07, 6.45) is 6.98. The Morgan fingerprint density at radius 3 is 1.44 bits per heavy atom. The fraction of sp³-hybridized carbons (Fsp3) is 0.500. The number of benzene rings is 3. The Kier molecular flexibility index (Phi) is 19.3. The molecule has 0 saturated carbocycles. The summed E-state index contributed by atoms with van der Waals surface area (Å²) in [5.74, 6) is -2.10. The number of hydrogen-bond donors (Lipinski definition) is 3. The minimum Gasteiger partial charge on any atom is -0.380 e. The van der Waals surface area contributed by atoms with Crippen LogP contribution in [-0.4, -0.2) is 117 Å². The van der Waals surface area contributed by atoms with Gasteiger partial charge >= 0.3 is 0 Å². The van der Waals surface area contributed by atoms with Crippen LogP contribution in [0.5, 0.6) is 0 Å². The van der Waals surface area contributed by atoms with E-state index in [0.29, 0.717) is 36.0 Å². The van der Waals surface area contributed by atoms with Gasteiger partial charge in [-0.2, -0.15) is 0 Å². The maximum atomic E-state index is 13.4. The first-order valence-electron chi connectivity index (χ1n) is 18.9. The summed E-state index contributed by atoms with van der Waals surface area (Å²) in [5, 5.41) is 9.74. The van der Waals surface area contributed by atoms with Crippen molar-refractivity contribution in [1.82, 2.24) is 14.7 Å². The second-order valence-electron chi connectivity index (χ2n) is 14.1. The highest BCUT2D eigenvalue weighted by Crippen LogP contribution is 2.22. The number of anilines is 3. The van der Waals surface area contributed by atoms with E-state index in [1.807, 2.05) is 12.1 Å². The number of nitrogens with one attached hydrogen (secondary N) is 3. The monoisotopic (exact) mass is 770 g/mol. The highest BCUT2D eigenvalue weighted by molar-refractivity contribution is 5.77. The average Bonchev–Trinajstić information content (AvgIpc) is 3.12. The standard InChI is InChI=1S/C14H18F2N2O.C14H19FN2O.C13H17FN2O.CH4/c1-2-3-4-18-7-11(8-18)17-10-5-13(15)12(9-19)14(16)6-10;1-2-3-6-17-8-13(9-17)16-12-5-4-11(10-18)14(15)7-12;14-6-1-7-16-8-13(9-16)15-12-4-2-11(10-17)3-5-12;/h5-6,9,11,17H,2-4,7-8H2,1H3;4-5,7,10,13,16H,2-3,6,8-9H2,1H3;2-5,10,13,15H,1,6-9H2;1H4. The fourth-order valence-corrected chi connectivity index (χ4v) is 6.44. The molecule has 3 aromatic rings. The zero-order valence-corrected chi connectivity index (χ0v) is 31.3. The predicted octanol–water partition coefficient (Wildman–Crippen LogP) is 7.80. The smallest absolute Gasteiger partial charge is 0.155 e. The van der Waals surface area contributed by atoms with Gasteiger partial charge in [0.15, 0.2) is 12.6 Å². The number of nitrogens with zero attached hydrogens (tertiary/aromatic N) is 3. The maximum absolute atomic E-state index is 13.4. The first-order chi connectivity index (χ1) is 26.2. The highest BCUT2D eigenvalue weighted by Gasteiger charge is 2.27. The molecule has 9 nitrogen and oxygen atoms in total. The van der Waals surface area contributed by atoms with Crippen LogP contribution in [0, 0.1) is 17.5 Å². The Hall–Kier alpha value is -4.33.